The van der Waals surface area contributed by atoms with Gasteiger partial charge in [-0.3, -0.25) is 4.90 Å². The zero-order valence-corrected chi connectivity index (χ0v) is 8.53. The van der Waals surface area contributed by atoms with E-state index in [4.69, 9.17) is 16.7 Å². The van der Waals surface area contributed by atoms with Crippen LogP contribution in [-0.4, -0.2) is 30.2 Å². The first kappa shape index (κ1) is 9.99. The van der Waals surface area contributed by atoms with Crippen LogP contribution in [0.4, 0.5) is 0 Å². The molecule has 12 heavy (non-hydrogen) atoms. The number of hydrogen-bond donors (Lipinski definition) is 1. The van der Waals surface area contributed by atoms with E-state index in [2.05, 4.69) is 4.90 Å². The molecule has 0 aliphatic rings. The molecule has 68 valence electrons. The summed E-state index contributed by atoms with van der Waals surface area (Å²) in [7, 11) is 1.98. The Labute approximate surface area is 81.4 Å². The van der Waals surface area contributed by atoms with Gasteiger partial charge in [0, 0.05) is 18.0 Å². The highest BCUT2D eigenvalue weighted by Crippen LogP contribution is 2.22. The number of nitrogens with zero attached hydrogens (tertiary/aromatic N) is 1. The minimum Gasteiger partial charge on any atom is -0.395 e. The van der Waals surface area contributed by atoms with E-state index in [0.29, 0.717) is 6.54 Å². The first-order valence-corrected chi connectivity index (χ1v) is 4.95. The Hall–Kier alpha value is -0.0900. The van der Waals surface area contributed by atoms with Gasteiger partial charge in [-0.05, 0) is 19.2 Å². The Bertz CT molecular complexity index is 239. The SMILES string of the molecule is CN(CCO)Cc1ccc(Cl)s1. The van der Waals surface area contributed by atoms with E-state index < -0.39 is 0 Å². The Morgan fingerprint density at radius 2 is 2.33 bits per heavy atom. The Balaban J connectivity index is 2.41. The molecule has 0 atom stereocenters. The third-order valence-corrected chi connectivity index (χ3v) is 2.75. The van der Waals surface area contributed by atoms with E-state index in [-0.39, 0.29) is 6.61 Å². The molecular weight excluding hydrogens is 194 g/mol. The fourth-order valence-electron chi connectivity index (χ4n) is 0.953. The Morgan fingerprint density at radius 1 is 1.58 bits per heavy atom. The lowest BCUT2D eigenvalue weighted by Crippen LogP contribution is -2.20. The van der Waals surface area contributed by atoms with Gasteiger partial charge >= 0.3 is 0 Å². The summed E-state index contributed by atoms with van der Waals surface area (Å²) in [6, 6.07) is 3.91. The van der Waals surface area contributed by atoms with Crippen molar-refractivity contribution in [1.29, 1.82) is 0 Å². The van der Waals surface area contributed by atoms with E-state index in [1.807, 2.05) is 19.2 Å². The zero-order valence-electron chi connectivity index (χ0n) is 6.96. The lowest BCUT2D eigenvalue weighted by atomic mass is 10.4. The average molecular weight is 206 g/mol. The van der Waals surface area contributed by atoms with Crippen molar-refractivity contribution in [3.63, 3.8) is 0 Å². The number of aliphatic hydroxyl groups excluding tert-OH is 1. The van der Waals surface area contributed by atoms with Crippen molar-refractivity contribution in [3.8, 4) is 0 Å². The Morgan fingerprint density at radius 3 is 2.83 bits per heavy atom. The maximum absolute atomic E-state index is 8.66. The van der Waals surface area contributed by atoms with E-state index in [1.165, 1.54) is 4.88 Å². The average Bonchev–Trinajstić information content (AvgIpc) is 2.36. The molecule has 0 aliphatic heterocycles. The standard InChI is InChI=1S/C8H12ClNOS/c1-10(4-5-11)6-7-2-3-8(9)12-7/h2-3,11H,4-6H2,1H3. The highest BCUT2D eigenvalue weighted by atomic mass is 35.5. The van der Waals surface area contributed by atoms with Gasteiger partial charge < -0.3 is 5.11 Å². The van der Waals surface area contributed by atoms with Crippen molar-refractivity contribution < 1.29 is 5.11 Å². The number of likely N-dealkylation sites (N-methyl/N-ethyl adjacent to an activating group) is 1. The molecule has 0 saturated carbocycles. The number of thiophene rings is 1. The van der Waals surface area contributed by atoms with Crippen molar-refractivity contribution in [2.75, 3.05) is 20.2 Å². The van der Waals surface area contributed by atoms with Gasteiger partial charge in [-0.15, -0.1) is 11.3 Å². The highest BCUT2D eigenvalue weighted by Gasteiger charge is 2.01. The first-order valence-electron chi connectivity index (χ1n) is 3.76. The molecule has 2 nitrogen and oxygen atoms in total. The zero-order chi connectivity index (χ0) is 8.97. The van der Waals surface area contributed by atoms with Crippen LogP contribution in [0.3, 0.4) is 0 Å². The lowest BCUT2D eigenvalue weighted by molar-refractivity contribution is 0.218. The van der Waals surface area contributed by atoms with E-state index in [9.17, 15) is 0 Å². The van der Waals surface area contributed by atoms with Gasteiger partial charge in [0.2, 0.25) is 0 Å². The van der Waals surface area contributed by atoms with Crippen molar-refractivity contribution in [2.45, 2.75) is 6.54 Å². The van der Waals surface area contributed by atoms with Gasteiger partial charge in [0.25, 0.3) is 0 Å². The normalized spacial score (nSPS) is 11.0. The smallest absolute Gasteiger partial charge is 0.0931 e. The molecule has 0 saturated heterocycles. The molecule has 0 spiro atoms. The second kappa shape index (κ2) is 4.82. The van der Waals surface area contributed by atoms with Crippen molar-refractivity contribution in [3.05, 3.63) is 21.3 Å². The van der Waals surface area contributed by atoms with Crippen molar-refractivity contribution >= 4 is 22.9 Å². The molecule has 0 bridgehead atoms. The van der Waals surface area contributed by atoms with Gasteiger partial charge in [-0.1, -0.05) is 11.6 Å². The topological polar surface area (TPSA) is 23.5 Å². The van der Waals surface area contributed by atoms with Gasteiger partial charge in [-0.25, -0.2) is 0 Å². The second-order valence-electron chi connectivity index (χ2n) is 2.67. The number of aliphatic hydroxyl groups is 1. The fourth-order valence-corrected chi connectivity index (χ4v) is 2.12. The second-order valence-corrected chi connectivity index (χ2v) is 4.47. The quantitative estimate of drug-likeness (QED) is 0.811. The molecule has 0 radical (unpaired) electrons. The predicted molar refractivity (Wildman–Crippen MR) is 52.7 cm³/mol. The van der Waals surface area contributed by atoms with Crippen LogP contribution >= 0.6 is 22.9 Å². The maximum atomic E-state index is 8.66. The van der Waals surface area contributed by atoms with Crippen molar-refractivity contribution in [2.24, 2.45) is 0 Å². The van der Waals surface area contributed by atoms with Crippen LogP contribution in [0, 0.1) is 0 Å². The van der Waals surface area contributed by atoms with Gasteiger partial charge in [0.05, 0.1) is 10.9 Å². The number of hydrogen-bond acceptors (Lipinski definition) is 3. The lowest BCUT2D eigenvalue weighted by Gasteiger charge is -2.12. The summed E-state index contributed by atoms with van der Waals surface area (Å²) in [6.45, 7) is 1.77. The first-order chi connectivity index (χ1) is 5.72. The molecule has 0 unspecified atom stereocenters. The van der Waals surface area contributed by atoms with Gasteiger partial charge in [0.15, 0.2) is 0 Å². The molecule has 0 fully saturated rings. The fraction of sp³-hybridized carbons (Fsp3) is 0.500. The number of halogens is 1. The minimum atomic E-state index is 0.204. The molecule has 1 N–H and O–H groups in total. The summed E-state index contributed by atoms with van der Waals surface area (Å²) in [5.41, 5.74) is 0. The van der Waals surface area contributed by atoms with Crippen LogP contribution in [0.25, 0.3) is 0 Å². The third-order valence-electron chi connectivity index (χ3n) is 1.54. The monoisotopic (exact) mass is 205 g/mol. The van der Waals surface area contributed by atoms with Gasteiger partial charge in [-0.2, -0.15) is 0 Å². The molecule has 1 aromatic rings. The highest BCUT2D eigenvalue weighted by molar-refractivity contribution is 7.16. The molecule has 0 amide bonds. The molecule has 1 heterocycles. The summed E-state index contributed by atoms with van der Waals surface area (Å²) in [6.07, 6.45) is 0. The predicted octanol–water partition coefficient (Wildman–Crippen LogP) is 1.83. The van der Waals surface area contributed by atoms with E-state index >= 15 is 0 Å². The van der Waals surface area contributed by atoms with Crippen molar-refractivity contribution in [1.82, 2.24) is 4.90 Å². The molecule has 0 aromatic carbocycles. The summed E-state index contributed by atoms with van der Waals surface area (Å²) in [4.78, 5) is 3.29. The molecule has 0 aliphatic carbocycles. The number of rotatable bonds is 4. The van der Waals surface area contributed by atoms with Crippen LogP contribution in [0.2, 0.25) is 4.34 Å². The van der Waals surface area contributed by atoms with Crippen LogP contribution in [0.1, 0.15) is 4.88 Å². The van der Waals surface area contributed by atoms with Crippen LogP contribution < -0.4 is 0 Å². The summed E-state index contributed by atoms with van der Waals surface area (Å²) >= 11 is 7.36. The minimum absolute atomic E-state index is 0.204. The van der Waals surface area contributed by atoms with Crippen LogP contribution in [0.15, 0.2) is 12.1 Å². The summed E-state index contributed by atoms with van der Waals surface area (Å²) < 4.78 is 0.822. The molecule has 4 heteroatoms. The Kier molecular flexibility index (Phi) is 4.01. The summed E-state index contributed by atoms with van der Waals surface area (Å²) in [5, 5.41) is 8.66. The molecule has 1 aromatic heterocycles. The van der Waals surface area contributed by atoms with Crippen LogP contribution in [-0.2, 0) is 6.54 Å². The van der Waals surface area contributed by atoms with E-state index in [0.717, 1.165) is 10.9 Å². The van der Waals surface area contributed by atoms with Gasteiger partial charge in [0.1, 0.15) is 0 Å². The molecular formula is C8H12ClNOS. The van der Waals surface area contributed by atoms with Crippen LogP contribution in [0.5, 0.6) is 0 Å². The maximum Gasteiger partial charge on any atom is 0.0931 e. The molecule has 1 rings (SSSR count). The third kappa shape index (κ3) is 3.11. The summed E-state index contributed by atoms with van der Waals surface area (Å²) in [5.74, 6) is 0. The largest absolute Gasteiger partial charge is 0.395 e. The van der Waals surface area contributed by atoms with E-state index in [1.54, 1.807) is 11.3 Å².